The molecule has 1 amide bonds. The minimum Gasteiger partial charge on any atom is -0.369 e. The molecule has 0 radical (unpaired) electrons. The molecule has 2 aromatic rings. The molecule has 0 aliphatic carbocycles. The Labute approximate surface area is 105 Å². The van der Waals surface area contributed by atoms with E-state index in [0.29, 0.717) is 17.9 Å². The number of hydrogen-bond donors (Lipinski definition) is 2. The molecule has 0 aromatic carbocycles. The van der Waals surface area contributed by atoms with E-state index < -0.39 is 5.91 Å². The Morgan fingerprint density at radius 1 is 1.39 bits per heavy atom. The van der Waals surface area contributed by atoms with Crippen LogP contribution < -0.4 is 11.1 Å². The summed E-state index contributed by atoms with van der Waals surface area (Å²) in [6.07, 6.45) is 6.17. The fraction of sp³-hybridized carbons (Fsp3) is 0.250. The lowest BCUT2D eigenvalue weighted by Crippen LogP contribution is -2.16. The average molecular weight is 245 g/mol. The molecule has 0 atom stereocenters. The molecule has 2 aromatic heterocycles. The van der Waals surface area contributed by atoms with Gasteiger partial charge in [0.05, 0.1) is 5.56 Å². The Kier molecular flexibility index (Phi) is 3.90. The van der Waals surface area contributed by atoms with Crippen molar-refractivity contribution >= 4 is 11.7 Å². The zero-order valence-corrected chi connectivity index (χ0v) is 9.91. The van der Waals surface area contributed by atoms with E-state index in [9.17, 15) is 4.79 Å². The van der Waals surface area contributed by atoms with Gasteiger partial charge >= 0.3 is 0 Å². The van der Waals surface area contributed by atoms with Crippen LogP contribution in [0.15, 0.2) is 36.8 Å². The highest BCUT2D eigenvalue weighted by Gasteiger charge is 2.07. The first-order valence-corrected chi connectivity index (χ1v) is 5.73. The number of rotatable bonds is 6. The number of aromatic nitrogens is 3. The monoisotopic (exact) mass is 245 g/mol. The van der Waals surface area contributed by atoms with Crippen LogP contribution in [0.1, 0.15) is 16.8 Å². The number of carbonyl (C=O) groups excluding carboxylic acids is 1. The summed E-state index contributed by atoms with van der Waals surface area (Å²) < 4.78 is 1.86. The molecule has 18 heavy (non-hydrogen) atoms. The largest absolute Gasteiger partial charge is 0.369 e. The van der Waals surface area contributed by atoms with Crippen molar-refractivity contribution in [2.45, 2.75) is 13.0 Å². The van der Waals surface area contributed by atoms with Crippen LogP contribution in [0.5, 0.6) is 0 Å². The van der Waals surface area contributed by atoms with Crippen LogP contribution in [0.25, 0.3) is 0 Å². The van der Waals surface area contributed by atoms with Gasteiger partial charge in [-0.15, -0.1) is 0 Å². The van der Waals surface area contributed by atoms with Gasteiger partial charge in [0.15, 0.2) is 0 Å². The summed E-state index contributed by atoms with van der Waals surface area (Å²) >= 11 is 0. The number of nitrogens with two attached hydrogens (primary N) is 1. The van der Waals surface area contributed by atoms with Crippen LogP contribution in [0, 0.1) is 0 Å². The van der Waals surface area contributed by atoms with Gasteiger partial charge in [-0.1, -0.05) is 0 Å². The summed E-state index contributed by atoms with van der Waals surface area (Å²) in [6.45, 7) is 1.52. The van der Waals surface area contributed by atoms with Gasteiger partial charge in [-0.05, 0) is 24.6 Å². The summed E-state index contributed by atoms with van der Waals surface area (Å²) in [5, 5.41) is 7.21. The summed E-state index contributed by atoms with van der Waals surface area (Å²) in [7, 11) is 0. The van der Waals surface area contributed by atoms with Gasteiger partial charge in [0.25, 0.3) is 5.91 Å². The number of pyridine rings is 1. The van der Waals surface area contributed by atoms with Crippen molar-refractivity contribution < 1.29 is 4.79 Å². The number of carbonyl (C=O) groups is 1. The maximum atomic E-state index is 11.2. The van der Waals surface area contributed by atoms with E-state index in [1.54, 1.807) is 24.5 Å². The molecule has 0 unspecified atom stereocenters. The van der Waals surface area contributed by atoms with Crippen molar-refractivity contribution in [3.05, 3.63) is 42.4 Å². The SMILES string of the molecule is NC(=O)c1cccnc1NCCCn1cccn1. The van der Waals surface area contributed by atoms with Crippen LogP contribution in [0.4, 0.5) is 5.82 Å². The first-order chi connectivity index (χ1) is 8.77. The van der Waals surface area contributed by atoms with Crippen LogP contribution >= 0.6 is 0 Å². The molecule has 6 nitrogen and oxygen atoms in total. The second-order valence-electron chi connectivity index (χ2n) is 3.81. The second kappa shape index (κ2) is 5.81. The first-order valence-electron chi connectivity index (χ1n) is 5.73. The predicted molar refractivity (Wildman–Crippen MR) is 68.1 cm³/mol. The van der Waals surface area contributed by atoms with Crippen molar-refractivity contribution in [1.29, 1.82) is 0 Å². The summed E-state index contributed by atoms with van der Waals surface area (Å²) in [5.41, 5.74) is 5.68. The van der Waals surface area contributed by atoms with Gasteiger partial charge in [-0.3, -0.25) is 9.48 Å². The lowest BCUT2D eigenvalue weighted by atomic mass is 10.2. The van der Waals surface area contributed by atoms with Crippen molar-refractivity contribution in [3.63, 3.8) is 0 Å². The maximum Gasteiger partial charge on any atom is 0.252 e. The van der Waals surface area contributed by atoms with E-state index in [4.69, 9.17) is 5.73 Å². The highest BCUT2D eigenvalue weighted by molar-refractivity contribution is 5.97. The minimum absolute atomic E-state index is 0.414. The average Bonchev–Trinajstić information content (AvgIpc) is 2.88. The topological polar surface area (TPSA) is 85.8 Å². The van der Waals surface area contributed by atoms with E-state index in [-0.39, 0.29) is 0 Å². The third-order valence-electron chi connectivity index (χ3n) is 2.49. The smallest absolute Gasteiger partial charge is 0.252 e. The van der Waals surface area contributed by atoms with E-state index in [1.165, 1.54) is 0 Å². The Bertz CT molecular complexity index is 509. The number of hydrogen-bond acceptors (Lipinski definition) is 4. The third kappa shape index (κ3) is 3.07. The number of anilines is 1. The first kappa shape index (κ1) is 12.1. The third-order valence-corrected chi connectivity index (χ3v) is 2.49. The summed E-state index contributed by atoms with van der Waals surface area (Å²) in [6, 6.07) is 5.23. The summed E-state index contributed by atoms with van der Waals surface area (Å²) in [5.74, 6) is 0.0585. The number of nitrogens with zero attached hydrogens (tertiary/aromatic N) is 3. The van der Waals surface area contributed by atoms with Crippen LogP contribution in [-0.4, -0.2) is 27.2 Å². The molecule has 0 saturated heterocycles. The summed E-state index contributed by atoms with van der Waals surface area (Å²) in [4.78, 5) is 15.3. The Hall–Kier alpha value is -2.37. The van der Waals surface area contributed by atoms with E-state index >= 15 is 0 Å². The van der Waals surface area contributed by atoms with Gasteiger partial charge < -0.3 is 11.1 Å². The van der Waals surface area contributed by atoms with Gasteiger partial charge in [0, 0.05) is 31.7 Å². The van der Waals surface area contributed by atoms with Crippen LogP contribution in [-0.2, 0) is 6.54 Å². The molecule has 0 spiro atoms. The van der Waals surface area contributed by atoms with Crippen LogP contribution in [0.2, 0.25) is 0 Å². The molecule has 0 aliphatic rings. The molecule has 94 valence electrons. The molecule has 0 fully saturated rings. The Balaban J connectivity index is 1.85. The number of aryl methyl sites for hydroxylation is 1. The van der Waals surface area contributed by atoms with Crippen molar-refractivity contribution in [1.82, 2.24) is 14.8 Å². The van der Waals surface area contributed by atoms with Crippen molar-refractivity contribution in [3.8, 4) is 0 Å². The Morgan fingerprint density at radius 3 is 3.00 bits per heavy atom. The molecule has 0 saturated carbocycles. The van der Waals surface area contributed by atoms with Gasteiger partial charge in [-0.2, -0.15) is 5.10 Å². The zero-order valence-electron chi connectivity index (χ0n) is 9.91. The lowest BCUT2D eigenvalue weighted by molar-refractivity contribution is 0.100. The number of amides is 1. The molecule has 6 heteroatoms. The molecular weight excluding hydrogens is 230 g/mol. The van der Waals surface area contributed by atoms with Gasteiger partial charge in [0.1, 0.15) is 5.82 Å². The molecule has 0 aliphatic heterocycles. The van der Waals surface area contributed by atoms with Gasteiger partial charge in [0.2, 0.25) is 0 Å². The normalized spacial score (nSPS) is 10.2. The number of nitrogens with one attached hydrogen (secondary N) is 1. The predicted octanol–water partition coefficient (Wildman–Crippen LogP) is 0.879. The van der Waals surface area contributed by atoms with E-state index in [1.807, 2.05) is 16.9 Å². The van der Waals surface area contributed by atoms with Gasteiger partial charge in [-0.25, -0.2) is 4.98 Å². The maximum absolute atomic E-state index is 11.2. The fourth-order valence-electron chi connectivity index (χ4n) is 1.63. The second-order valence-corrected chi connectivity index (χ2v) is 3.81. The fourth-order valence-corrected chi connectivity index (χ4v) is 1.63. The zero-order chi connectivity index (χ0) is 12.8. The molecular formula is C12H15N5O. The molecule has 3 N–H and O–H groups in total. The minimum atomic E-state index is -0.474. The molecule has 2 rings (SSSR count). The van der Waals surface area contributed by atoms with Crippen molar-refractivity contribution in [2.75, 3.05) is 11.9 Å². The Morgan fingerprint density at radius 2 is 2.28 bits per heavy atom. The van der Waals surface area contributed by atoms with E-state index in [2.05, 4.69) is 15.4 Å². The highest BCUT2D eigenvalue weighted by Crippen LogP contribution is 2.10. The standard InChI is InChI=1S/C12H15N5O/c13-11(18)10-4-1-5-14-12(10)15-6-2-8-17-9-3-7-16-17/h1,3-5,7,9H,2,6,8H2,(H2,13,18)(H,14,15). The van der Waals surface area contributed by atoms with E-state index in [0.717, 1.165) is 13.0 Å². The quantitative estimate of drug-likeness (QED) is 0.740. The van der Waals surface area contributed by atoms with Crippen molar-refractivity contribution in [2.24, 2.45) is 5.73 Å². The number of primary amides is 1. The lowest BCUT2D eigenvalue weighted by Gasteiger charge is -2.08. The highest BCUT2D eigenvalue weighted by atomic mass is 16.1. The van der Waals surface area contributed by atoms with Crippen LogP contribution in [0.3, 0.4) is 0 Å². The molecule has 2 heterocycles. The molecule has 0 bridgehead atoms.